The van der Waals surface area contributed by atoms with Gasteiger partial charge in [0.25, 0.3) is 0 Å². The predicted octanol–water partition coefficient (Wildman–Crippen LogP) is 4.33. The normalized spacial score (nSPS) is 15.2. The lowest BCUT2D eigenvalue weighted by Gasteiger charge is -2.33. The summed E-state index contributed by atoms with van der Waals surface area (Å²) in [5, 5.41) is 7.54. The average Bonchev–Trinajstić information content (AvgIpc) is 3.30. The van der Waals surface area contributed by atoms with E-state index in [1.165, 1.54) is 6.20 Å². The Morgan fingerprint density at radius 3 is 2.60 bits per heavy atom. The van der Waals surface area contributed by atoms with Gasteiger partial charge in [-0.1, -0.05) is 26.8 Å². The van der Waals surface area contributed by atoms with Crippen molar-refractivity contribution in [3.63, 3.8) is 0 Å². The highest BCUT2D eigenvalue weighted by Gasteiger charge is 2.17. The molecule has 0 amide bonds. The fourth-order valence-corrected chi connectivity index (χ4v) is 4.47. The quantitative estimate of drug-likeness (QED) is 0.427. The summed E-state index contributed by atoms with van der Waals surface area (Å²) in [6.07, 6.45) is 4.89. The van der Waals surface area contributed by atoms with Gasteiger partial charge in [-0.25, -0.2) is 23.9 Å². The largest absolute Gasteiger partial charge is 0.309 e. The van der Waals surface area contributed by atoms with E-state index in [0.29, 0.717) is 23.2 Å². The second-order valence-corrected chi connectivity index (χ2v) is 9.24. The molecule has 0 saturated carbocycles. The minimum atomic E-state index is -0.474. The molecule has 0 bridgehead atoms. The Balaban J connectivity index is 1.35. The van der Waals surface area contributed by atoms with E-state index >= 15 is 0 Å². The molecule has 8 nitrogen and oxygen atoms in total. The van der Waals surface area contributed by atoms with Crippen LogP contribution in [0.15, 0.2) is 48.9 Å². The number of aromatic nitrogens is 5. The summed E-state index contributed by atoms with van der Waals surface area (Å²) < 4.78 is 16.6. The molecule has 1 saturated heterocycles. The number of pyridine rings is 2. The number of nitrogens with one attached hydrogen (secondary N) is 1. The Kier molecular flexibility index (Phi) is 6.70. The third-order valence-corrected chi connectivity index (χ3v) is 6.54. The number of halogens is 1. The van der Waals surface area contributed by atoms with Crippen molar-refractivity contribution >= 4 is 17.3 Å². The molecule has 1 aliphatic rings. The minimum Gasteiger partial charge on any atom is -0.309 e. The van der Waals surface area contributed by atoms with Crippen LogP contribution in [0.4, 0.5) is 16.2 Å². The number of rotatable bonds is 7. The molecule has 0 spiro atoms. The second-order valence-electron chi connectivity index (χ2n) is 9.24. The molecular formula is C26H31FN8. The molecule has 5 rings (SSSR count). The smallest absolute Gasteiger partial charge is 0.229 e. The molecule has 0 radical (unpaired) electrons. The zero-order valence-corrected chi connectivity index (χ0v) is 20.4. The van der Waals surface area contributed by atoms with Gasteiger partial charge in [-0.2, -0.15) is 5.10 Å². The molecule has 4 aromatic rings. The van der Waals surface area contributed by atoms with Gasteiger partial charge < -0.3 is 10.2 Å². The van der Waals surface area contributed by atoms with Crippen molar-refractivity contribution in [1.29, 1.82) is 0 Å². The molecule has 35 heavy (non-hydrogen) atoms. The summed E-state index contributed by atoms with van der Waals surface area (Å²) in [5.41, 5.74) is 3.95. The molecule has 1 N–H and O–H groups in total. The van der Waals surface area contributed by atoms with E-state index in [0.717, 1.165) is 56.0 Å². The fourth-order valence-electron chi connectivity index (χ4n) is 4.47. The van der Waals surface area contributed by atoms with Gasteiger partial charge in [0.15, 0.2) is 5.82 Å². The number of hydrogen-bond acceptors (Lipinski definition) is 7. The molecule has 0 aliphatic carbocycles. The van der Waals surface area contributed by atoms with Crippen molar-refractivity contribution in [3.8, 4) is 11.3 Å². The predicted molar refractivity (Wildman–Crippen MR) is 135 cm³/mol. The van der Waals surface area contributed by atoms with E-state index in [1.807, 2.05) is 42.7 Å². The molecule has 1 fully saturated rings. The first-order valence-electron chi connectivity index (χ1n) is 12.2. The summed E-state index contributed by atoms with van der Waals surface area (Å²) in [6.45, 7) is 12.6. The number of hydrogen-bond donors (Lipinski definition) is 1. The maximum absolute atomic E-state index is 14.8. The van der Waals surface area contributed by atoms with E-state index in [2.05, 4.69) is 51.0 Å². The van der Waals surface area contributed by atoms with Crippen molar-refractivity contribution in [2.75, 3.05) is 38.0 Å². The van der Waals surface area contributed by atoms with Crippen LogP contribution in [-0.2, 0) is 6.54 Å². The maximum atomic E-state index is 14.8. The van der Waals surface area contributed by atoms with Gasteiger partial charge in [0.1, 0.15) is 11.5 Å². The second kappa shape index (κ2) is 10.1. The van der Waals surface area contributed by atoms with Crippen LogP contribution < -0.4 is 5.32 Å². The summed E-state index contributed by atoms with van der Waals surface area (Å²) in [5.74, 6) is 0.781. The Hall–Kier alpha value is -3.43. The zero-order valence-electron chi connectivity index (χ0n) is 20.4. The number of fused-ring (bicyclic) bond motifs is 1. The van der Waals surface area contributed by atoms with E-state index in [1.54, 1.807) is 4.52 Å². The van der Waals surface area contributed by atoms with Crippen LogP contribution in [0, 0.1) is 5.82 Å². The van der Waals surface area contributed by atoms with Gasteiger partial charge in [0.05, 0.1) is 23.6 Å². The van der Waals surface area contributed by atoms with Gasteiger partial charge in [-0.15, -0.1) is 0 Å². The molecule has 5 heterocycles. The first kappa shape index (κ1) is 23.3. The zero-order chi connectivity index (χ0) is 24.4. The SMILES string of the molecule is CCN1CCN(Cc2cccc(Nc3ncc(F)c(-c4ccn5ncc(C(C)C)c5c4)n3)n2)CC1. The van der Waals surface area contributed by atoms with Crippen molar-refractivity contribution in [1.82, 2.24) is 34.4 Å². The highest BCUT2D eigenvalue weighted by Crippen LogP contribution is 2.27. The molecule has 0 aromatic carbocycles. The standard InChI is InChI=1S/C26H31FN8/c1-4-33-10-12-34(13-11-33)17-20-6-5-7-24(30-20)31-26-28-16-22(27)25(32-26)19-8-9-35-23(14-19)21(15-29-35)18(2)3/h5-9,14-16,18H,4,10-13,17H2,1-3H3,(H,28,30,31,32). The number of nitrogens with zero attached hydrogens (tertiary/aromatic N) is 7. The van der Waals surface area contributed by atoms with E-state index < -0.39 is 5.82 Å². The number of anilines is 2. The third-order valence-electron chi connectivity index (χ3n) is 6.54. The molecule has 182 valence electrons. The molecule has 4 aromatic heterocycles. The first-order valence-corrected chi connectivity index (χ1v) is 12.2. The molecular weight excluding hydrogens is 443 g/mol. The first-order chi connectivity index (χ1) is 17.0. The summed E-state index contributed by atoms with van der Waals surface area (Å²) >= 11 is 0. The van der Waals surface area contributed by atoms with Gasteiger partial charge in [-0.05, 0) is 36.7 Å². The molecule has 1 aliphatic heterocycles. The van der Waals surface area contributed by atoms with Crippen molar-refractivity contribution < 1.29 is 4.39 Å². The van der Waals surface area contributed by atoms with Crippen LogP contribution in [-0.4, -0.2) is 67.1 Å². The van der Waals surface area contributed by atoms with Gasteiger partial charge in [0.2, 0.25) is 5.95 Å². The lowest BCUT2D eigenvalue weighted by atomic mass is 10.0. The average molecular weight is 475 g/mol. The summed E-state index contributed by atoms with van der Waals surface area (Å²) in [6, 6.07) is 9.61. The Bertz CT molecular complexity index is 1310. The van der Waals surface area contributed by atoms with Crippen molar-refractivity contribution in [3.05, 3.63) is 66.0 Å². The molecule has 0 unspecified atom stereocenters. The van der Waals surface area contributed by atoms with Gasteiger partial charge in [0, 0.05) is 50.0 Å². The highest BCUT2D eigenvalue weighted by molar-refractivity contribution is 5.69. The maximum Gasteiger partial charge on any atom is 0.229 e. The third kappa shape index (κ3) is 5.16. The van der Waals surface area contributed by atoms with Crippen LogP contribution in [0.2, 0.25) is 0 Å². The summed E-state index contributed by atoms with van der Waals surface area (Å²) in [7, 11) is 0. The fraction of sp³-hybridized carbons (Fsp3) is 0.385. The van der Waals surface area contributed by atoms with Crippen molar-refractivity contribution in [2.24, 2.45) is 0 Å². The Labute approximate surface area is 204 Å². The lowest BCUT2D eigenvalue weighted by molar-refractivity contribution is 0.131. The van der Waals surface area contributed by atoms with Crippen LogP contribution in [0.1, 0.15) is 37.9 Å². The van der Waals surface area contributed by atoms with E-state index in [-0.39, 0.29) is 5.69 Å². The number of likely N-dealkylation sites (N-methyl/N-ethyl adjacent to an activating group) is 1. The van der Waals surface area contributed by atoms with Crippen LogP contribution >= 0.6 is 0 Å². The van der Waals surface area contributed by atoms with Gasteiger partial charge in [-0.3, -0.25) is 4.90 Å². The minimum absolute atomic E-state index is 0.242. The molecule has 0 atom stereocenters. The summed E-state index contributed by atoms with van der Waals surface area (Å²) in [4.78, 5) is 18.3. The monoisotopic (exact) mass is 474 g/mol. The highest BCUT2D eigenvalue weighted by atomic mass is 19.1. The lowest BCUT2D eigenvalue weighted by Crippen LogP contribution is -2.45. The van der Waals surface area contributed by atoms with Crippen LogP contribution in [0.3, 0.4) is 0 Å². The van der Waals surface area contributed by atoms with Crippen LogP contribution in [0.25, 0.3) is 16.8 Å². The van der Waals surface area contributed by atoms with Crippen molar-refractivity contribution in [2.45, 2.75) is 33.2 Å². The topological polar surface area (TPSA) is 74.5 Å². The van der Waals surface area contributed by atoms with E-state index in [9.17, 15) is 4.39 Å². The molecule has 9 heteroatoms. The number of piperazine rings is 1. The van der Waals surface area contributed by atoms with Crippen LogP contribution in [0.5, 0.6) is 0 Å². The Morgan fingerprint density at radius 2 is 1.83 bits per heavy atom. The Morgan fingerprint density at radius 1 is 1.03 bits per heavy atom. The van der Waals surface area contributed by atoms with Gasteiger partial charge >= 0.3 is 0 Å². The van der Waals surface area contributed by atoms with E-state index in [4.69, 9.17) is 4.98 Å².